The van der Waals surface area contributed by atoms with Crippen LogP contribution in [0.15, 0.2) is 0 Å². The number of nitrogens with two attached hydrogens (primary N) is 2. The van der Waals surface area contributed by atoms with Crippen LogP contribution in [0.3, 0.4) is 0 Å². The van der Waals surface area contributed by atoms with E-state index in [0.29, 0.717) is 0 Å². The maximum Gasteiger partial charge on any atom is 0.335 e. The Morgan fingerprint density at radius 3 is 2.25 bits per heavy atom. The third-order valence-corrected chi connectivity index (χ3v) is 1.06. The fraction of sp³-hybridized carbons (Fsp3) is 0.667. The number of carbonyl (C=O) groups is 1. The van der Waals surface area contributed by atoms with Crippen LogP contribution in [0.2, 0.25) is 0 Å². The van der Waals surface area contributed by atoms with E-state index >= 15 is 0 Å². The van der Waals surface area contributed by atoms with Crippen molar-refractivity contribution in [1.82, 2.24) is 0 Å². The van der Waals surface area contributed by atoms with E-state index < -0.39 is 10.8 Å². The summed E-state index contributed by atoms with van der Waals surface area (Å²) in [6, 6.07) is 0. The first-order chi connectivity index (χ1) is 3.50. The number of hydrogen-bond acceptors (Lipinski definition) is 4. The second-order valence-corrected chi connectivity index (χ2v) is 2.23. The standard InChI is InChI=1S/C3H8N2O2S/c4-1-3(5,8)2(6)7/h8H,1,4-5H2,(H,6,7). The van der Waals surface area contributed by atoms with Crippen LogP contribution in [0.4, 0.5) is 0 Å². The number of aliphatic carboxylic acids is 1. The molecule has 5 heteroatoms. The maximum absolute atomic E-state index is 9.97. The van der Waals surface area contributed by atoms with Crippen molar-refractivity contribution in [2.24, 2.45) is 11.5 Å². The molecule has 48 valence electrons. The monoisotopic (exact) mass is 136 g/mol. The number of hydrogen-bond donors (Lipinski definition) is 4. The molecule has 0 saturated carbocycles. The highest BCUT2D eigenvalue weighted by molar-refractivity contribution is 7.82. The van der Waals surface area contributed by atoms with Gasteiger partial charge in [0.15, 0.2) is 4.87 Å². The van der Waals surface area contributed by atoms with Crippen molar-refractivity contribution in [3.05, 3.63) is 0 Å². The molecule has 0 aromatic rings. The van der Waals surface area contributed by atoms with Gasteiger partial charge >= 0.3 is 5.97 Å². The van der Waals surface area contributed by atoms with E-state index in [1.807, 2.05) is 0 Å². The van der Waals surface area contributed by atoms with Crippen LogP contribution in [0.5, 0.6) is 0 Å². The fourth-order valence-electron chi connectivity index (χ4n) is 0.0873. The molecule has 4 nitrogen and oxygen atoms in total. The molecule has 0 fully saturated rings. The van der Waals surface area contributed by atoms with Gasteiger partial charge in [0.1, 0.15) is 0 Å². The molecular weight excluding hydrogens is 128 g/mol. The van der Waals surface area contributed by atoms with Gasteiger partial charge in [-0.1, -0.05) is 0 Å². The lowest BCUT2D eigenvalue weighted by atomic mass is 10.3. The molecule has 8 heavy (non-hydrogen) atoms. The largest absolute Gasteiger partial charge is 0.479 e. The summed E-state index contributed by atoms with van der Waals surface area (Å²) < 4.78 is 0. The molecule has 0 aromatic carbocycles. The Hall–Kier alpha value is -0.260. The summed E-state index contributed by atoms with van der Waals surface area (Å²) in [7, 11) is 0. The van der Waals surface area contributed by atoms with E-state index in [1.54, 1.807) is 0 Å². The van der Waals surface area contributed by atoms with Gasteiger partial charge in [0.25, 0.3) is 0 Å². The summed E-state index contributed by atoms with van der Waals surface area (Å²) in [5.41, 5.74) is 9.92. The van der Waals surface area contributed by atoms with Crippen LogP contribution >= 0.6 is 12.6 Å². The third kappa shape index (κ3) is 1.69. The quantitative estimate of drug-likeness (QED) is 0.278. The Labute approximate surface area is 52.3 Å². The topological polar surface area (TPSA) is 89.3 Å². The van der Waals surface area contributed by atoms with Crippen LogP contribution in [-0.2, 0) is 4.79 Å². The molecule has 0 aromatic heterocycles. The van der Waals surface area contributed by atoms with Crippen molar-refractivity contribution in [2.75, 3.05) is 6.54 Å². The molecule has 0 aliphatic carbocycles. The van der Waals surface area contributed by atoms with Crippen molar-refractivity contribution >= 4 is 18.6 Å². The number of thiol groups is 1. The number of rotatable bonds is 2. The zero-order chi connectivity index (χ0) is 6.78. The molecule has 0 bridgehead atoms. The molecule has 5 N–H and O–H groups in total. The first-order valence-electron chi connectivity index (χ1n) is 1.95. The molecule has 0 amide bonds. The van der Waals surface area contributed by atoms with Crippen molar-refractivity contribution < 1.29 is 9.90 Å². The smallest absolute Gasteiger partial charge is 0.335 e. The molecule has 1 unspecified atom stereocenters. The third-order valence-electron chi connectivity index (χ3n) is 0.682. The van der Waals surface area contributed by atoms with Gasteiger partial charge in [-0.05, 0) is 0 Å². The number of carboxylic acid groups (broad SMARTS) is 1. The van der Waals surface area contributed by atoms with Gasteiger partial charge in [-0.3, -0.25) is 0 Å². The highest BCUT2D eigenvalue weighted by Gasteiger charge is 2.26. The Morgan fingerprint density at radius 1 is 1.88 bits per heavy atom. The van der Waals surface area contributed by atoms with Crippen LogP contribution in [0.25, 0.3) is 0 Å². The summed E-state index contributed by atoms with van der Waals surface area (Å²) in [4.78, 5) is 8.40. The molecule has 0 saturated heterocycles. The van der Waals surface area contributed by atoms with Crippen molar-refractivity contribution in [3.63, 3.8) is 0 Å². The van der Waals surface area contributed by atoms with Crippen LogP contribution in [0.1, 0.15) is 0 Å². The zero-order valence-electron chi connectivity index (χ0n) is 4.16. The molecule has 0 radical (unpaired) electrons. The zero-order valence-corrected chi connectivity index (χ0v) is 5.06. The van der Waals surface area contributed by atoms with Crippen molar-refractivity contribution in [1.29, 1.82) is 0 Å². The van der Waals surface area contributed by atoms with E-state index in [2.05, 4.69) is 12.6 Å². The first kappa shape index (κ1) is 7.74. The number of carboxylic acids is 1. The van der Waals surface area contributed by atoms with Gasteiger partial charge in [0.05, 0.1) is 0 Å². The Morgan fingerprint density at radius 2 is 2.25 bits per heavy atom. The lowest BCUT2D eigenvalue weighted by Crippen LogP contribution is -2.48. The molecule has 0 heterocycles. The summed E-state index contributed by atoms with van der Waals surface area (Å²) in [6.07, 6.45) is 0. The van der Waals surface area contributed by atoms with Crippen LogP contribution in [-0.4, -0.2) is 22.5 Å². The van der Waals surface area contributed by atoms with Gasteiger partial charge in [-0.2, -0.15) is 0 Å². The molecule has 1 atom stereocenters. The van der Waals surface area contributed by atoms with E-state index in [1.165, 1.54) is 0 Å². The van der Waals surface area contributed by atoms with Crippen LogP contribution in [0, 0.1) is 0 Å². The van der Waals surface area contributed by atoms with Gasteiger partial charge < -0.3 is 16.6 Å². The lowest BCUT2D eigenvalue weighted by molar-refractivity contribution is -0.139. The van der Waals surface area contributed by atoms with Gasteiger partial charge in [-0.15, -0.1) is 12.6 Å². The maximum atomic E-state index is 9.97. The summed E-state index contributed by atoms with van der Waals surface area (Å²) in [5, 5.41) is 8.16. The highest BCUT2D eigenvalue weighted by Crippen LogP contribution is 2.01. The lowest BCUT2D eigenvalue weighted by Gasteiger charge is -2.13. The Bertz CT molecular complexity index is 103. The highest BCUT2D eigenvalue weighted by atomic mass is 32.1. The molecule has 0 aliphatic heterocycles. The van der Waals surface area contributed by atoms with Gasteiger partial charge in [0.2, 0.25) is 0 Å². The minimum absolute atomic E-state index is 0.175. The second-order valence-electron chi connectivity index (χ2n) is 1.43. The van der Waals surface area contributed by atoms with Crippen LogP contribution < -0.4 is 11.5 Å². The van der Waals surface area contributed by atoms with E-state index in [0.717, 1.165) is 0 Å². The minimum Gasteiger partial charge on any atom is -0.479 e. The SMILES string of the molecule is NCC(N)(S)C(=O)O. The predicted octanol–water partition coefficient (Wildman–Crippen LogP) is -1.39. The normalized spacial score (nSPS) is 17.4. The summed E-state index contributed by atoms with van der Waals surface area (Å²) in [6.45, 7) is -0.175. The fourth-order valence-corrected chi connectivity index (χ4v) is 0.0873. The molecule has 0 spiro atoms. The van der Waals surface area contributed by atoms with E-state index in [9.17, 15) is 4.79 Å². The van der Waals surface area contributed by atoms with E-state index in [4.69, 9.17) is 16.6 Å². The summed E-state index contributed by atoms with van der Waals surface area (Å²) in [5.74, 6) is -1.21. The predicted molar refractivity (Wildman–Crippen MR) is 32.6 cm³/mol. The van der Waals surface area contributed by atoms with Crippen molar-refractivity contribution in [3.8, 4) is 0 Å². The minimum atomic E-state index is -1.57. The Balaban J connectivity index is 3.91. The first-order valence-corrected chi connectivity index (χ1v) is 2.40. The summed E-state index contributed by atoms with van der Waals surface area (Å²) >= 11 is 3.53. The van der Waals surface area contributed by atoms with Gasteiger partial charge in [-0.25, -0.2) is 4.79 Å². The second kappa shape index (κ2) is 2.34. The average Bonchev–Trinajstić information content (AvgIpc) is 1.67. The van der Waals surface area contributed by atoms with Crippen molar-refractivity contribution in [2.45, 2.75) is 4.87 Å². The molecule has 0 rings (SSSR count). The van der Waals surface area contributed by atoms with Gasteiger partial charge in [0, 0.05) is 6.54 Å². The average molecular weight is 136 g/mol. The molecular formula is C3H8N2O2S. The van der Waals surface area contributed by atoms with E-state index in [-0.39, 0.29) is 6.54 Å². The molecule has 0 aliphatic rings. The Kier molecular flexibility index (Phi) is 2.26.